The van der Waals surface area contributed by atoms with Crippen molar-refractivity contribution in [1.29, 1.82) is 0 Å². The molecule has 0 spiro atoms. The minimum atomic E-state index is 0.154. The lowest BCUT2D eigenvalue weighted by molar-refractivity contribution is 0.376. The fraction of sp³-hybridized carbons (Fsp3) is 0.458. The van der Waals surface area contributed by atoms with Crippen molar-refractivity contribution in [2.24, 2.45) is 4.99 Å². The maximum absolute atomic E-state index is 6.67. The second-order valence-corrected chi connectivity index (χ2v) is 8.94. The number of hydrogen-bond acceptors (Lipinski definition) is 2. The van der Waals surface area contributed by atoms with Gasteiger partial charge in [0.25, 0.3) is 0 Å². The van der Waals surface area contributed by atoms with Crippen molar-refractivity contribution in [3.8, 4) is 0 Å². The highest BCUT2D eigenvalue weighted by atomic mass is 35.5. The predicted octanol–water partition coefficient (Wildman–Crippen LogP) is 7.21. The number of anilines is 1. The summed E-state index contributed by atoms with van der Waals surface area (Å²) in [6.45, 7) is 14.5. The number of nitrogens with zero attached hydrogens (tertiary/aromatic N) is 2. The molecular weight excluding hydrogens is 352 g/mol. The third kappa shape index (κ3) is 4.06. The van der Waals surface area contributed by atoms with Gasteiger partial charge in [-0.25, -0.2) is 0 Å². The van der Waals surface area contributed by atoms with Crippen LogP contribution in [-0.4, -0.2) is 18.3 Å². The lowest BCUT2D eigenvalue weighted by Crippen LogP contribution is -2.48. The molecule has 3 rings (SSSR count). The second kappa shape index (κ2) is 7.67. The molecule has 1 unspecified atom stereocenters. The number of aryl methyl sites for hydroxylation is 2. The van der Waals surface area contributed by atoms with Gasteiger partial charge in [-0.2, -0.15) is 0 Å². The van der Waals surface area contributed by atoms with E-state index in [2.05, 4.69) is 81.8 Å². The Labute approximate surface area is 169 Å². The molecule has 0 saturated heterocycles. The van der Waals surface area contributed by atoms with Crippen molar-refractivity contribution in [2.45, 2.75) is 65.8 Å². The third-order valence-corrected chi connectivity index (χ3v) is 6.12. The summed E-state index contributed by atoms with van der Waals surface area (Å²) >= 11 is 6.67. The quantitative estimate of drug-likeness (QED) is 0.510. The fourth-order valence-electron chi connectivity index (χ4n) is 4.22. The lowest BCUT2D eigenvalue weighted by Gasteiger charge is -2.47. The molecule has 0 N–H and O–H groups in total. The Balaban J connectivity index is 1.99. The van der Waals surface area contributed by atoms with E-state index in [4.69, 9.17) is 11.6 Å². The third-order valence-electron chi connectivity index (χ3n) is 5.79. The Bertz CT molecular complexity index is 867. The van der Waals surface area contributed by atoms with Crippen molar-refractivity contribution in [1.82, 2.24) is 0 Å². The van der Waals surface area contributed by atoms with Gasteiger partial charge in [-0.05, 0) is 87.4 Å². The van der Waals surface area contributed by atoms with Crippen molar-refractivity contribution >= 4 is 29.2 Å². The van der Waals surface area contributed by atoms with Crippen molar-refractivity contribution in [2.75, 3.05) is 11.4 Å². The molecule has 2 aromatic carbocycles. The zero-order valence-corrected chi connectivity index (χ0v) is 18.2. The van der Waals surface area contributed by atoms with E-state index < -0.39 is 0 Å². The lowest BCUT2D eigenvalue weighted by atomic mass is 9.79. The Kier molecular flexibility index (Phi) is 5.67. The molecule has 1 aliphatic rings. The smallest absolute Gasteiger partial charge is 0.0632 e. The number of rotatable bonds is 4. The van der Waals surface area contributed by atoms with E-state index in [1.165, 1.54) is 22.4 Å². The average molecular weight is 383 g/mol. The van der Waals surface area contributed by atoms with Crippen molar-refractivity contribution < 1.29 is 0 Å². The van der Waals surface area contributed by atoms with Crippen LogP contribution < -0.4 is 4.90 Å². The molecule has 0 bridgehead atoms. The zero-order valence-electron chi connectivity index (χ0n) is 17.4. The van der Waals surface area contributed by atoms with Gasteiger partial charge in [-0.3, -0.25) is 4.99 Å². The number of hydrogen-bond donors (Lipinski definition) is 0. The van der Waals surface area contributed by atoms with Gasteiger partial charge in [-0.1, -0.05) is 31.5 Å². The summed E-state index contributed by atoms with van der Waals surface area (Å²) in [6, 6.07) is 10.7. The van der Waals surface area contributed by atoms with Gasteiger partial charge < -0.3 is 4.90 Å². The van der Waals surface area contributed by atoms with Gasteiger partial charge >= 0.3 is 0 Å². The van der Waals surface area contributed by atoms with E-state index in [9.17, 15) is 0 Å². The van der Waals surface area contributed by atoms with E-state index in [0.717, 1.165) is 35.7 Å². The highest BCUT2D eigenvalue weighted by molar-refractivity contribution is 6.33. The minimum Gasteiger partial charge on any atom is -0.366 e. The molecule has 2 nitrogen and oxygen atoms in total. The number of benzene rings is 2. The van der Waals surface area contributed by atoms with Gasteiger partial charge in [0.15, 0.2) is 0 Å². The van der Waals surface area contributed by atoms with E-state index in [1.54, 1.807) is 0 Å². The predicted molar refractivity (Wildman–Crippen MR) is 119 cm³/mol. The van der Waals surface area contributed by atoms with Gasteiger partial charge in [0.1, 0.15) is 0 Å². The van der Waals surface area contributed by atoms with Gasteiger partial charge in [-0.15, -0.1) is 0 Å². The second-order valence-electron chi connectivity index (χ2n) is 8.53. The van der Waals surface area contributed by atoms with E-state index >= 15 is 0 Å². The van der Waals surface area contributed by atoms with Crippen LogP contribution in [0.4, 0.5) is 11.4 Å². The maximum atomic E-state index is 6.67. The molecule has 0 aromatic heterocycles. The Morgan fingerprint density at radius 3 is 2.59 bits per heavy atom. The monoisotopic (exact) mass is 382 g/mol. The molecular formula is C24H31ClN2. The first-order valence-electron chi connectivity index (χ1n) is 9.95. The van der Waals surface area contributed by atoms with Gasteiger partial charge in [0.2, 0.25) is 0 Å². The van der Waals surface area contributed by atoms with E-state index in [-0.39, 0.29) is 5.54 Å². The molecule has 1 heterocycles. The van der Waals surface area contributed by atoms with Crippen LogP contribution in [0.2, 0.25) is 5.02 Å². The minimum absolute atomic E-state index is 0.154. The first-order valence-corrected chi connectivity index (χ1v) is 10.3. The van der Waals surface area contributed by atoms with Crippen LogP contribution in [-0.2, 0) is 0 Å². The maximum Gasteiger partial charge on any atom is 0.0632 e. The number of aliphatic imine (C=N–C) groups is 1. The van der Waals surface area contributed by atoms with Gasteiger partial charge in [0, 0.05) is 29.5 Å². The van der Waals surface area contributed by atoms with Gasteiger partial charge in [0.05, 0.1) is 10.7 Å². The molecule has 0 aliphatic carbocycles. The van der Waals surface area contributed by atoms with Crippen LogP contribution in [0.15, 0.2) is 35.3 Å². The molecule has 0 fully saturated rings. The van der Waals surface area contributed by atoms with Crippen LogP contribution >= 0.6 is 11.6 Å². The van der Waals surface area contributed by atoms with Crippen LogP contribution in [0.5, 0.6) is 0 Å². The molecule has 0 radical (unpaired) electrons. The molecule has 1 aliphatic heterocycles. The molecule has 144 valence electrons. The summed E-state index contributed by atoms with van der Waals surface area (Å²) in [5.74, 6) is 0.508. The molecule has 0 amide bonds. The molecule has 2 aromatic rings. The summed E-state index contributed by atoms with van der Waals surface area (Å²) < 4.78 is 0. The van der Waals surface area contributed by atoms with E-state index in [0.29, 0.717) is 5.92 Å². The number of halogens is 1. The SMILES string of the molecule is CCCN1c2cc(Cl)c(C=Nc3ccc(C)c(C)c3)cc2C(C)CC1(C)C. The van der Waals surface area contributed by atoms with Crippen molar-refractivity contribution in [3.05, 3.63) is 57.6 Å². The first-order chi connectivity index (χ1) is 12.7. The number of fused-ring (bicyclic) bond motifs is 1. The highest BCUT2D eigenvalue weighted by Crippen LogP contribution is 2.45. The highest BCUT2D eigenvalue weighted by Gasteiger charge is 2.36. The zero-order chi connectivity index (χ0) is 19.8. The first kappa shape index (κ1) is 19.9. The molecule has 3 heteroatoms. The average Bonchev–Trinajstić information content (AvgIpc) is 2.59. The summed E-state index contributed by atoms with van der Waals surface area (Å²) in [6.07, 6.45) is 4.18. The van der Waals surface area contributed by atoms with Crippen LogP contribution in [0, 0.1) is 13.8 Å². The van der Waals surface area contributed by atoms with Crippen LogP contribution in [0.1, 0.15) is 68.7 Å². The molecule has 27 heavy (non-hydrogen) atoms. The Morgan fingerprint density at radius 2 is 1.93 bits per heavy atom. The topological polar surface area (TPSA) is 15.6 Å². The summed E-state index contributed by atoms with van der Waals surface area (Å²) in [7, 11) is 0. The van der Waals surface area contributed by atoms with Crippen molar-refractivity contribution in [3.63, 3.8) is 0 Å². The van der Waals surface area contributed by atoms with Crippen LogP contribution in [0.25, 0.3) is 0 Å². The molecule has 0 saturated carbocycles. The normalized spacial score (nSPS) is 18.8. The summed E-state index contributed by atoms with van der Waals surface area (Å²) in [4.78, 5) is 7.20. The standard InChI is InChI=1S/C24H31ClN2/c1-7-10-27-23-13-22(25)19(12-21(23)18(4)14-24(27,5)6)15-26-20-9-8-16(2)17(3)11-20/h8-9,11-13,15,18H,7,10,14H2,1-6H3. The summed E-state index contributed by atoms with van der Waals surface area (Å²) in [5, 5.41) is 0.771. The Morgan fingerprint density at radius 1 is 1.19 bits per heavy atom. The largest absolute Gasteiger partial charge is 0.366 e. The van der Waals surface area contributed by atoms with Crippen LogP contribution in [0.3, 0.4) is 0 Å². The fourth-order valence-corrected chi connectivity index (χ4v) is 4.42. The summed E-state index contributed by atoms with van der Waals surface area (Å²) in [5.41, 5.74) is 7.33. The van der Waals surface area contributed by atoms with E-state index in [1.807, 2.05) is 6.21 Å². The molecule has 1 atom stereocenters. The Hall–Kier alpha value is -1.80.